The Bertz CT molecular complexity index is 714. The molecule has 2 aromatic rings. The van der Waals surface area contributed by atoms with Gasteiger partial charge in [0.25, 0.3) is 0 Å². The van der Waals surface area contributed by atoms with Gasteiger partial charge in [0.1, 0.15) is 6.54 Å². The Morgan fingerprint density at radius 1 is 1.31 bits per heavy atom. The van der Waals surface area contributed by atoms with Gasteiger partial charge in [0.2, 0.25) is 5.91 Å². The van der Waals surface area contributed by atoms with Crippen molar-refractivity contribution in [3.8, 4) is 0 Å². The molecule has 1 amide bonds. The van der Waals surface area contributed by atoms with E-state index in [1.807, 2.05) is 43.6 Å². The van der Waals surface area contributed by atoms with Gasteiger partial charge >= 0.3 is 0 Å². The van der Waals surface area contributed by atoms with Gasteiger partial charge in [-0.2, -0.15) is 5.10 Å². The van der Waals surface area contributed by atoms with Crippen molar-refractivity contribution in [1.82, 2.24) is 29.9 Å². The quantitative estimate of drug-likeness (QED) is 0.794. The summed E-state index contributed by atoms with van der Waals surface area (Å²) in [4.78, 5) is 21.4. The smallest absolute Gasteiger partial charge is 0.242 e. The molecule has 3 heterocycles. The van der Waals surface area contributed by atoms with Crippen molar-refractivity contribution < 1.29 is 4.79 Å². The fraction of sp³-hybridized carbons (Fsp3) is 0.526. The van der Waals surface area contributed by atoms with Crippen LogP contribution in [0.4, 0.5) is 0 Å². The van der Waals surface area contributed by atoms with E-state index in [1.165, 1.54) is 0 Å². The second kappa shape index (κ2) is 8.42. The lowest BCUT2D eigenvalue weighted by atomic mass is 10.0. The molecule has 2 atom stereocenters. The number of likely N-dealkylation sites (tertiary alicyclic amines) is 1. The van der Waals surface area contributed by atoms with Crippen LogP contribution in [0, 0.1) is 12.8 Å². The van der Waals surface area contributed by atoms with Gasteiger partial charge in [-0.3, -0.25) is 19.4 Å². The summed E-state index contributed by atoms with van der Waals surface area (Å²) in [5, 5.41) is 7.51. The number of carbonyl (C=O) groups excluding carboxylic acids is 1. The van der Waals surface area contributed by atoms with E-state index in [0.717, 1.165) is 37.6 Å². The van der Waals surface area contributed by atoms with Crippen LogP contribution in [0.2, 0.25) is 0 Å². The molecule has 3 rings (SSSR count). The molecule has 1 aliphatic rings. The van der Waals surface area contributed by atoms with Crippen LogP contribution in [0.3, 0.4) is 0 Å². The number of aromatic nitrogens is 3. The molecule has 140 valence electrons. The van der Waals surface area contributed by atoms with Crippen LogP contribution in [-0.4, -0.2) is 70.2 Å². The Morgan fingerprint density at radius 3 is 2.81 bits per heavy atom. The summed E-state index contributed by atoms with van der Waals surface area (Å²) >= 11 is 0. The van der Waals surface area contributed by atoms with Crippen LogP contribution in [0.15, 0.2) is 36.7 Å². The lowest BCUT2D eigenvalue weighted by molar-refractivity contribution is -0.122. The summed E-state index contributed by atoms with van der Waals surface area (Å²) in [6.45, 7) is 5.76. The maximum absolute atomic E-state index is 12.5. The lowest BCUT2D eigenvalue weighted by Gasteiger charge is -2.23. The average Bonchev–Trinajstić information content (AvgIpc) is 3.14. The number of nitrogens with one attached hydrogen (secondary N) is 1. The topological polar surface area (TPSA) is 66.3 Å². The van der Waals surface area contributed by atoms with Gasteiger partial charge in [0, 0.05) is 50.5 Å². The van der Waals surface area contributed by atoms with Gasteiger partial charge in [-0.15, -0.1) is 0 Å². The molecule has 0 spiro atoms. The van der Waals surface area contributed by atoms with E-state index in [-0.39, 0.29) is 18.5 Å². The molecule has 2 aromatic heterocycles. The van der Waals surface area contributed by atoms with Crippen molar-refractivity contribution in [1.29, 1.82) is 0 Å². The third-order valence-corrected chi connectivity index (χ3v) is 4.65. The van der Waals surface area contributed by atoms with Crippen LogP contribution in [0.25, 0.3) is 0 Å². The minimum atomic E-state index is 0.0153. The second-order valence-corrected chi connectivity index (χ2v) is 7.37. The Kier molecular flexibility index (Phi) is 6.00. The van der Waals surface area contributed by atoms with Crippen molar-refractivity contribution in [3.63, 3.8) is 0 Å². The number of rotatable bonds is 7. The molecule has 26 heavy (non-hydrogen) atoms. The lowest BCUT2D eigenvalue weighted by Crippen LogP contribution is -2.44. The molecule has 0 unspecified atom stereocenters. The monoisotopic (exact) mass is 356 g/mol. The zero-order valence-electron chi connectivity index (χ0n) is 15.8. The fourth-order valence-corrected chi connectivity index (χ4v) is 3.58. The van der Waals surface area contributed by atoms with E-state index >= 15 is 0 Å². The first-order valence-corrected chi connectivity index (χ1v) is 9.06. The van der Waals surface area contributed by atoms with Gasteiger partial charge in [-0.05, 0) is 39.2 Å². The van der Waals surface area contributed by atoms with Crippen molar-refractivity contribution in [3.05, 3.63) is 48.0 Å². The third kappa shape index (κ3) is 5.12. The highest BCUT2D eigenvalue weighted by Crippen LogP contribution is 2.20. The second-order valence-electron chi connectivity index (χ2n) is 7.37. The van der Waals surface area contributed by atoms with Gasteiger partial charge in [0.15, 0.2) is 0 Å². The maximum Gasteiger partial charge on any atom is 0.242 e. The Hall–Kier alpha value is -2.25. The third-order valence-electron chi connectivity index (χ3n) is 4.65. The van der Waals surface area contributed by atoms with Crippen LogP contribution in [0.1, 0.15) is 11.4 Å². The summed E-state index contributed by atoms with van der Waals surface area (Å²) in [5.41, 5.74) is 1.99. The molecule has 0 aromatic carbocycles. The first kappa shape index (κ1) is 18.5. The molecule has 1 saturated heterocycles. The number of pyridine rings is 1. The number of amides is 1. The van der Waals surface area contributed by atoms with Crippen molar-refractivity contribution in [2.24, 2.45) is 5.92 Å². The predicted molar refractivity (Wildman–Crippen MR) is 100 cm³/mol. The Labute approximate surface area is 155 Å². The molecule has 0 bridgehead atoms. The highest BCUT2D eigenvalue weighted by molar-refractivity contribution is 5.76. The molecule has 7 nitrogen and oxygen atoms in total. The van der Waals surface area contributed by atoms with Gasteiger partial charge in [-0.1, -0.05) is 6.07 Å². The van der Waals surface area contributed by atoms with E-state index in [4.69, 9.17) is 0 Å². The minimum absolute atomic E-state index is 0.0153. The number of hydrogen-bond acceptors (Lipinski definition) is 5. The first-order valence-electron chi connectivity index (χ1n) is 9.06. The maximum atomic E-state index is 12.5. The highest BCUT2D eigenvalue weighted by Gasteiger charge is 2.34. The Balaban J connectivity index is 1.60. The summed E-state index contributed by atoms with van der Waals surface area (Å²) in [6, 6.07) is 8.05. The molecule has 1 fully saturated rings. The van der Waals surface area contributed by atoms with Crippen LogP contribution >= 0.6 is 0 Å². The van der Waals surface area contributed by atoms with E-state index in [2.05, 4.69) is 39.3 Å². The molecule has 1 N–H and O–H groups in total. The molecular weight excluding hydrogens is 328 g/mol. The van der Waals surface area contributed by atoms with Gasteiger partial charge in [-0.25, -0.2) is 0 Å². The highest BCUT2D eigenvalue weighted by atomic mass is 16.2. The molecule has 0 radical (unpaired) electrons. The SMILES string of the molecule is Cc1ccn(CC(=O)N[C@@H]2CN(Cc3ccccn3)C[C@H]2CN(C)C)n1. The van der Waals surface area contributed by atoms with E-state index in [9.17, 15) is 4.79 Å². The first-order chi connectivity index (χ1) is 12.5. The summed E-state index contributed by atoms with van der Waals surface area (Å²) in [6.07, 6.45) is 3.67. The Morgan fingerprint density at radius 2 is 2.15 bits per heavy atom. The van der Waals surface area contributed by atoms with Gasteiger partial charge in [0.05, 0.1) is 11.4 Å². The number of hydrogen-bond donors (Lipinski definition) is 1. The summed E-state index contributed by atoms with van der Waals surface area (Å²) < 4.78 is 1.69. The molecular formula is C19H28N6O. The van der Waals surface area contributed by atoms with Crippen LogP contribution in [-0.2, 0) is 17.9 Å². The zero-order valence-corrected chi connectivity index (χ0v) is 15.8. The van der Waals surface area contributed by atoms with Crippen LogP contribution in [0.5, 0.6) is 0 Å². The minimum Gasteiger partial charge on any atom is -0.350 e. The summed E-state index contributed by atoms with van der Waals surface area (Å²) in [7, 11) is 4.15. The van der Waals surface area contributed by atoms with E-state index < -0.39 is 0 Å². The van der Waals surface area contributed by atoms with Crippen molar-refractivity contribution >= 4 is 5.91 Å². The van der Waals surface area contributed by atoms with Crippen molar-refractivity contribution in [2.45, 2.75) is 26.1 Å². The molecule has 7 heteroatoms. The number of aryl methyl sites for hydroxylation is 1. The van der Waals surface area contributed by atoms with Gasteiger partial charge < -0.3 is 10.2 Å². The average molecular weight is 356 g/mol. The predicted octanol–water partition coefficient (Wildman–Crippen LogP) is 0.765. The normalized spacial score (nSPS) is 20.6. The molecule has 1 aliphatic heterocycles. The molecule has 0 saturated carbocycles. The molecule has 0 aliphatic carbocycles. The van der Waals surface area contributed by atoms with E-state index in [0.29, 0.717) is 5.92 Å². The standard InChI is InChI=1S/C19H28N6O/c1-15-7-9-25(22-15)14-19(26)21-18-13-24(11-16(18)10-23(2)3)12-17-6-4-5-8-20-17/h4-9,16,18H,10-14H2,1-3H3,(H,21,26)/t16-,18-/m1/s1. The van der Waals surface area contributed by atoms with Crippen molar-refractivity contribution in [2.75, 3.05) is 33.7 Å². The number of nitrogens with zero attached hydrogens (tertiary/aromatic N) is 5. The van der Waals surface area contributed by atoms with Crippen LogP contribution < -0.4 is 5.32 Å². The van der Waals surface area contributed by atoms with E-state index in [1.54, 1.807) is 4.68 Å². The fourth-order valence-electron chi connectivity index (χ4n) is 3.58. The summed E-state index contributed by atoms with van der Waals surface area (Å²) in [5.74, 6) is 0.415. The zero-order chi connectivity index (χ0) is 18.5. The number of carbonyl (C=O) groups is 1. The largest absolute Gasteiger partial charge is 0.350 e.